The number of benzene rings is 1. The Morgan fingerprint density at radius 3 is 2.26 bits per heavy atom. The van der Waals surface area contributed by atoms with E-state index in [2.05, 4.69) is 0 Å². The van der Waals surface area contributed by atoms with Crippen LogP contribution in [0.1, 0.15) is 15.9 Å². The van der Waals surface area contributed by atoms with E-state index in [-0.39, 0.29) is 5.91 Å². The highest BCUT2D eigenvalue weighted by atomic mass is 16.4. The SMILES string of the molecule is Cc1ccc(C(=O)N2CCN(C(=O)O)CC2)cc1N. The fourth-order valence-electron chi connectivity index (χ4n) is 2.06. The summed E-state index contributed by atoms with van der Waals surface area (Å²) in [6.45, 7) is 3.41. The number of carboxylic acid groups (broad SMARTS) is 1. The van der Waals surface area contributed by atoms with E-state index >= 15 is 0 Å². The third-order valence-corrected chi connectivity index (χ3v) is 3.36. The van der Waals surface area contributed by atoms with Gasteiger partial charge in [-0.1, -0.05) is 6.07 Å². The maximum absolute atomic E-state index is 12.2. The number of carbonyl (C=O) groups is 2. The molecule has 0 spiro atoms. The molecule has 0 radical (unpaired) electrons. The summed E-state index contributed by atoms with van der Waals surface area (Å²) >= 11 is 0. The molecule has 1 saturated heterocycles. The summed E-state index contributed by atoms with van der Waals surface area (Å²) in [7, 11) is 0. The fraction of sp³-hybridized carbons (Fsp3) is 0.385. The number of anilines is 1. The number of nitrogen functional groups attached to an aromatic ring is 1. The second kappa shape index (κ2) is 5.17. The highest BCUT2D eigenvalue weighted by Gasteiger charge is 2.24. The Morgan fingerprint density at radius 2 is 1.74 bits per heavy atom. The van der Waals surface area contributed by atoms with Gasteiger partial charge in [0, 0.05) is 37.4 Å². The number of carbonyl (C=O) groups excluding carboxylic acids is 1. The summed E-state index contributed by atoms with van der Waals surface area (Å²) < 4.78 is 0. The van der Waals surface area contributed by atoms with E-state index in [0.29, 0.717) is 37.4 Å². The minimum Gasteiger partial charge on any atom is -0.465 e. The maximum atomic E-state index is 12.2. The fourth-order valence-corrected chi connectivity index (χ4v) is 2.06. The zero-order chi connectivity index (χ0) is 14.0. The van der Waals surface area contributed by atoms with Crippen LogP contribution in [0.2, 0.25) is 0 Å². The van der Waals surface area contributed by atoms with Crippen molar-refractivity contribution in [2.45, 2.75) is 6.92 Å². The lowest BCUT2D eigenvalue weighted by Crippen LogP contribution is -2.50. The van der Waals surface area contributed by atoms with Gasteiger partial charge in [-0.15, -0.1) is 0 Å². The van der Waals surface area contributed by atoms with E-state index in [9.17, 15) is 9.59 Å². The molecule has 6 heteroatoms. The first-order valence-electron chi connectivity index (χ1n) is 6.12. The lowest BCUT2D eigenvalue weighted by molar-refractivity contribution is 0.0625. The lowest BCUT2D eigenvalue weighted by atomic mass is 10.1. The molecule has 1 heterocycles. The molecule has 102 valence electrons. The molecule has 1 aliphatic rings. The number of hydrogen-bond donors (Lipinski definition) is 2. The zero-order valence-corrected chi connectivity index (χ0v) is 10.8. The summed E-state index contributed by atoms with van der Waals surface area (Å²) in [6.07, 6.45) is -0.938. The van der Waals surface area contributed by atoms with E-state index < -0.39 is 6.09 Å². The van der Waals surface area contributed by atoms with Gasteiger partial charge in [-0.25, -0.2) is 4.79 Å². The average Bonchev–Trinajstić information content (AvgIpc) is 2.41. The molecule has 2 rings (SSSR count). The van der Waals surface area contributed by atoms with E-state index in [0.717, 1.165) is 5.56 Å². The van der Waals surface area contributed by atoms with Crippen molar-refractivity contribution in [2.24, 2.45) is 0 Å². The number of hydrogen-bond acceptors (Lipinski definition) is 3. The van der Waals surface area contributed by atoms with E-state index in [1.54, 1.807) is 17.0 Å². The predicted molar refractivity (Wildman–Crippen MR) is 71.1 cm³/mol. The molecule has 0 unspecified atom stereocenters. The van der Waals surface area contributed by atoms with Crippen LogP contribution in [0, 0.1) is 6.92 Å². The molecule has 6 nitrogen and oxygen atoms in total. The second-order valence-corrected chi connectivity index (χ2v) is 4.63. The van der Waals surface area contributed by atoms with Crippen LogP contribution >= 0.6 is 0 Å². The van der Waals surface area contributed by atoms with Crippen LogP contribution < -0.4 is 5.73 Å². The first-order valence-corrected chi connectivity index (χ1v) is 6.12. The van der Waals surface area contributed by atoms with Crippen molar-refractivity contribution < 1.29 is 14.7 Å². The van der Waals surface area contributed by atoms with Crippen molar-refractivity contribution in [1.82, 2.24) is 9.80 Å². The predicted octanol–water partition coefficient (Wildman–Crippen LogP) is 1.01. The number of nitrogens with two attached hydrogens (primary N) is 1. The number of piperazine rings is 1. The van der Waals surface area contributed by atoms with Crippen LogP contribution in [-0.4, -0.2) is 53.1 Å². The summed E-state index contributed by atoms with van der Waals surface area (Å²) in [5.74, 6) is -0.100. The molecule has 0 atom stereocenters. The van der Waals surface area contributed by atoms with Crippen molar-refractivity contribution in [1.29, 1.82) is 0 Å². The van der Waals surface area contributed by atoms with Gasteiger partial charge in [0.1, 0.15) is 0 Å². The van der Waals surface area contributed by atoms with Crippen molar-refractivity contribution in [3.05, 3.63) is 29.3 Å². The average molecular weight is 263 g/mol. The zero-order valence-electron chi connectivity index (χ0n) is 10.8. The molecule has 0 bridgehead atoms. The van der Waals surface area contributed by atoms with Crippen LogP contribution in [0.5, 0.6) is 0 Å². The van der Waals surface area contributed by atoms with Gasteiger partial charge in [0.05, 0.1) is 0 Å². The van der Waals surface area contributed by atoms with Crippen molar-refractivity contribution in [2.75, 3.05) is 31.9 Å². The number of rotatable bonds is 1. The quantitative estimate of drug-likeness (QED) is 0.740. The summed E-state index contributed by atoms with van der Waals surface area (Å²) in [5.41, 5.74) is 7.87. The lowest BCUT2D eigenvalue weighted by Gasteiger charge is -2.33. The molecule has 1 fully saturated rings. The Morgan fingerprint density at radius 1 is 1.16 bits per heavy atom. The third-order valence-electron chi connectivity index (χ3n) is 3.36. The normalized spacial score (nSPS) is 15.4. The van der Waals surface area contributed by atoms with Gasteiger partial charge in [-0.2, -0.15) is 0 Å². The first-order chi connectivity index (χ1) is 8.99. The Balaban J connectivity index is 2.05. The summed E-state index contributed by atoms with van der Waals surface area (Å²) in [5, 5.41) is 8.85. The van der Waals surface area contributed by atoms with Crippen molar-refractivity contribution >= 4 is 17.7 Å². The van der Waals surface area contributed by atoms with Crippen LogP contribution in [-0.2, 0) is 0 Å². The minimum absolute atomic E-state index is 0.100. The third kappa shape index (κ3) is 2.78. The second-order valence-electron chi connectivity index (χ2n) is 4.63. The smallest absolute Gasteiger partial charge is 0.407 e. The van der Waals surface area contributed by atoms with Crippen LogP contribution in [0.15, 0.2) is 18.2 Å². The molecule has 0 aliphatic carbocycles. The standard InChI is InChI=1S/C13H17N3O3/c1-9-2-3-10(8-11(9)14)12(17)15-4-6-16(7-5-15)13(18)19/h2-3,8H,4-7,14H2,1H3,(H,18,19). The highest BCUT2D eigenvalue weighted by Crippen LogP contribution is 2.15. The topological polar surface area (TPSA) is 86.9 Å². The summed E-state index contributed by atoms with van der Waals surface area (Å²) in [6, 6.07) is 5.23. The molecule has 2 amide bonds. The first kappa shape index (κ1) is 13.2. The molecule has 0 saturated carbocycles. The number of aryl methyl sites for hydroxylation is 1. The van der Waals surface area contributed by atoms with Crippen LogP contribution in [0.4, 0.5) is 10.5 Å². The van der Waals surface area contributed by atoms with Crippen molar-refractivity contribution in [3.63, 3.8) is 0 Å². The highest BCUT2D eigenvalue weighted by molar-refractivity contribution is 5.95. The number of amides is 2. The molecule has 1 aromatic carbocycles. The van der Waals surface area contributed by atoms with Crippen molar-refractivity contribution in [3.8, 4) is 0 Å². The van der Waals surface area contributed by atoms with Crippen LogP contribution in [0.3, 0.4) is 0 Å². The van der Waals surface area contributed by atoms with E-state index in [1.165, 1.54) is 4.90 Å². The van der Waals surface area contributed by atoms with Crippen LogP contribution in [0.25, 0.3) is 0 Å². The van der Waals surface area contributed by atoms with E-state index in [1.807, 2.05) is 13.0 Å². The van der Waals surface area contributed by atoms with Gasteiger partial charge in [-0.05, 0) is 24.6 Å². The Labute approximate surface area is 111 Å². The monoisotopic (exact) mass is 263 g/mol. The summed E-state index contributed by atoms with van der Waals surface area (Å²) in [4.78, 5) is 26.0. The Kier molecular flexibility index (Phi) is 3.59. The largest absolute Gasteiger partial charge is 0.465 e. The number of nitrogens with zero attached hydrogens (tertiary/aromatic N) is 2. The molecule has 1 aliphatic heterocycles. The van der Waals surface area contributed by atoms with Gasteiger partial charge >= 0.3 is 6.09 Å². The molecule has 19 heavy (non-hydrogen) atoms. The maximum Gasteiger partial charge on any atom is 0.407 e. The Hall–Kier alpha value is -2.24. The van der Waals surface area contributed by atoms with Gasteiger partial charge in [0.25, 0.3) is 5.91 Å². The molecular formula is C13H17N3O3. The van der Waals surface area contributed by atoms with E-state index in [4.69, 9.17) is 10.8 Å². The molecule has 0 aromatic heterocycles. The van der Waals surface area contributed by atoms with Gasteiger partial charge in [0.15, 0.2) is 0 Å². The molecule has 3 N–H and O–H groups in total. The minimum atomic E-state index is -0.938. The van der Waals surface area contributed by atoms with Gasteiger partial charge in [0.2, 0.25) is 0 Å². The van der Waals surface area contributed by atoms with Gasteiger partial charge < -0.3 is 20.6 Å². The molecule has 1 aromatic rings. The Bertz CT molecular complexity index is 508. The van der Waals surface area contributed by atoms with Gasteiger partial charge in [-0.3, -0.25) is 4.79 Å². The molecular weight excluding hydrogens is 246 g/mol.